The molecule has 2 aromatic rings. The van der Waals surface area contributed by atoms with Crippen molar-refractivity contribution in [2.24, 2.45) is 0 Å². The number of hydrogen-bond donors (Lipinski definition) is 1. The van der Waals surface area contributed by atoms with Crippen molar-refractivity contribution in [2.45, 2.75) is 26.3 Å². The van der Waals surface area contributed by atoms with Gasteiger partial charge in [-0.1, -0.05) is 23.7 Å². The predicted octanol–water partition coefficient (Wildman–Crippen LogP) is 3.12. The molecule has 2 rings (SSSR count). The van der Waals surface area contributed by atoms with E-state index >= 15 is 0 Å². The van der Waals surface area contributed by atoms with Crippen LogP contribution in [0.5, 0.6) is 0 Å². The summed E-state index contributed by atoms with van der Waals surface area (Å²) in [6.45, 7) is 3.44. The van der Waals surface area contributed by atoms with Crippen LogP contribution in [0.1, 0.15) is 30.6 Å². The molecule has 1 unspecified atom stereocenters. The van der Waals surface area contributed by atoms with Crippen LogP contribution in [0.4, 0.5) is 11.5 Å². The van der Waals surface area contributed by atoms with E-state index in [-0.39, 0.29) is 34.7 Å². The lowest BCUT2D eigenvalue weighted by Crippen LogP contribution is -2.43. The number of nitro benzene ring substituents is 1. The first-order valence-electron chi connectivity index (χ1n) is 7.78. The van der Waals surface area contributed by atoms with E-state index in [2.05, 4.69) is 15.0 Å². The molecule has 0 saturated heterocycles. The molecule has 1 aromatic carbocycles. The topological polar surface area (TPSA) is 119 Å². The summed E-state index contributed by atoms with van der Waals surface area (Å²) in [5.41, 5.74) is -0.128. The van der Waals surface area contributed by atoms with Crippen molar-refractivity contribution in [3.63, 3.8) is 0 Å². The molecule has 0 aliphatic heterocycles. The highest BCUT2D eigenvalue weighted by Gasteiger charge is 2.26. The number of benzene rings is 1. The highest BCUT2D eigenvalue weighted by atomic mass is 35.5. The second-order valence-electron chi connectivity index (χ2n) is 5.54. The van der Waals surface area contributed by atoms with Gasteiger partial charge in [0, 0.05) is 24.2 Å². The predicted molar refractivity (Wildman–Crippen MR) is 94.0 cm³/mol. The summed E-state index contributed by atoms with van der Waals surface area (Å²) in [4.78, 5) is 36.6. The Hall–Kier alpha value is -2.94. The molecule has 0 saturated carbocycles. The fourth-order valence-electron chi connectivity index (χ4n) is 2.21. The molecule has 0 aliphatic rings. The number of non-ortho nitro benzene ring substituents is 1. The number of halogens is 1. The maximum atomic E-state index is 12.8. The number of anilines is 1. The fourth-order valence-corrected chi connectivity index (χ4v) is 2.46. The van der Waals surface area contributed by atoms with E-state index in [1.165, 1.54) is 29.4 Å². The first-order valence-corrected chi connectivity index (χ1v) is 8.16. The van der Waals surface area contributed by atoms with Crippen molar-refractivity contribution in [3.8, 4) is 0 Å². The van der Waals surface area contributed by atoms with Gasteiger partial charge in [-0.05, 0) is 19.4 Å². The molecule has 2 amide bonds. The zero-order chi connectivity index (χ0) is 19.3. The van der Waals surface area contributed by atoms with Gasteiger partial charge in [-0.25, -0.2) is 0 Å². The third kappa shape index (κ3) is 4.57. The lowest BCUT2D eigenvalue weighted by Gasteiger charge is -2.28. The summed E-state index contributed by atoms with van der Waals surface area (Å²) < 4.78 is 4.63. The van der Waals surface area contributed by atoms with Crippen molar-refractivity contribution in [1.82, 2.24) is 10.1 Å². The molecular weight excluding hydrogens is 364 g/mol. The maximum absolute atomic E-state index is 12.8. The van der Waals surface area contributed by atoms with E-state index in [0.717, 1.165) is 6.07 Å². The Morgan fingerprint density at radius 1 is 1.42 bits per heavy atom. The second kappa shape index (κ2) is 8.43. The van der Waals surface area contributed by atoms with Gasteiger partial charge >= 0.3 is 0 Å². The summed E-state index contributed by atoms with van der Waals surface area (Å²) in [5, 5.41) is 16.9. The summed E-state index contributed by atoms with van der Waals surface area (Å²) in [6.07, 6.45) is 1.91. The minimum atomic E-state index is -0.599. The Kier molecular flexibility index (Phi) is 6.29. The molecule has 10 heteroatoms. The van der Waals surface area contributed by atoms with Crippen molar-refractivity contribution in [3.05, 3.63) is 51.2 Å². The second-order valence-corrected chi connectivity index (χ2v) is 5.95. The minimum Gasteiger partial charge on any atom is -0.363 e. The Balaban J connectivity index is 2.21. The van der Waals surface area contributed by atoms with Gasteiger partial charge in [-0.3, -0.25) is 19.7 Å². The maximum Gasteiger partial charge on any atom is 0.270 e. The number of nitrogens with zero attached hydrogens (tertiary/aromatic N) is 3. The fraction of sp³-hybridized carbons (Fsp3) is 0.312. The molecular formula is C16H17ClN4O5. The highest BCUT2D eigenvalue weighted by Crippen LogP contribution is 2.24. The summed E-state index contributed by atoms with van der Waals surface area (Å²) in [5.74, 6) is -0.708. The molecule has 0 aliphatic carbocycles. The molecule has 0 fully saturated rings. The van der Waals surface area contributed by atoms with E-state index in [1.54, 1.807) is 6.92 Å². The summed E-state index contributed by atoms with van der Waals surface area (Å²) in [6, 6.07) is 4.81. The van der Waals surface area contributed by atoms with Crippen LogP contribution in [0.15, 0.2) is 35.1 Å². The Bertz CT molecular complexity index is 809. The van der Waals surface area contributed by atoms with Gasteiger partial charge in [0.05, 0.1) is 15.5 Å². The molecule has 0 bridgehead atoms. The van der Waals surface area contributed by atoms with Gasteiger partial charge in [0.2, 0.25) is 5.91 Å². The number of aromatic nitrogens is 1. The molecule has 1 aromatic heterocycles. The van der Waals surface area contributed by atoms with Crippen molar-refractivity contribution in [2.75, 3.05) is 11.9 Å². The van der Waals surface area contributed by atoms with E-state index in [1.807, 2.05) is 6.92 Å². The van der Waals surface area contributed by atoms with Crippen LogP contribution < -0.4 is 5.32 Å². The van der Waals surface area contributed by atoms with Crippen LogP contribution in [0, 0.1) is 10.1 Å². The van der Waals surface area contributed by atoms with E-state index in [9.17, 15) is 19.7 Å². The van der Waals surface area contributed by atoms with Gasteiger partial charge < -0.3 is 14.7 Å². The molecule has 26 heavy (non-hydrogen) atoms. The molecule has 9 nitrogen and oxygen atoms in total. The standard InChI is InChI=1S/C16H17ClN4O5/c1-3-10(2)20(9-15(22)18-14-6-7-26-19-14)16(23)12-5-4-11(21(24)25)8-13(12)17/h4-8,10H,3,9H2,1-2H3,(H,18,19,22). The molecule has 1 atom stereocenters. The molecule has 0 spiro atoms. The zero-order valence-corrected chi connectivity index (χ0v) is 14.9. The average molecular weight is 381 g/mol. The van der Waals surface area contributed by atoms with Gasteiger partial charge in [0.25, 0.3) is 11.6 Å². The number of carbonyl (C=O) groups excluding carboxylic acids is 2. The van der Waals surface area contributed by atoms with Gasteiger partial charge in [0.1, 0.15) is 12.8 Å². The van der Waals surface area contributed by atoms with Crippen LogP contribution in [-0.2, 0) is 4.79 Å². The first kappa shape index (κ1) is 19.4. The van der Waals surface area contributed by atoms with Crippen LogP contribution in [0.2, 0.25) is 5.02 Å². The Morgan fingerprint density at radius 3 is 2.69 bits per heavy atom. The lowest BCUT2D eigenvalue weighted by molar-refractivity contribution is -0.384. The van der Waals surface area contributed by atoms with Crippen LogP contribution in [-0.4, -0.2) is 39.4 Å². The lowest BCUT2D eigenvalue weighted by atomic mass is 10.1. The molecule has 1 N–H and O–H groups in total. The van der Waals surface area contributed by atoms with Gasteiger partial charge in [0.15, 0.2) is 5.82 Å². The summed E-state index contributed by atoms with van der Waals surface area (Å²) >= 11 is 6.04. The SMILES string of the molecule is CCC(C)N(CC(=O)Nc1ccon1)C(=O)c1ccc([N+](=O)[O-])cc1Cl. The molecule has 1 heterocycles. The number of nitro groups is 1. The smallest absolute Gasteiger partial charge is 0.270 e. The zero-order valence-electron chi connectivity index (χ0n) is 14.1. The van der Waals surface area contributed by atoms with Crippen molar-refractivity contribution >= 4 is 34.9 Å². The van der Waals surface area contributed by atoms with Crippen LogP contribution in [0.25, 0.3) is 0 Å². The number of hydrogen-bond acceptors (Lipinski definition) is 6. The normalized spacial score (nSPS) is 11.7. The van der Waals surface area contributed by atoms with Crippen LogP contribution >= 0.6 is 11.6 Å². The number of nitrogens with one attached hydrogen (secondary N) is 1. The molecule has 138 valence electrons. The number of amides is 2. The first-order chi connectivity index (χ1) is 12.3. The van der Waals surface area contributed by atoms with Crippen LogP contribution in [0.3, 0.4) is 0 Å². The quantitative estimate of drug-likeness (QED) is 0.582. The third-order valence-corrected chi connectivity index (χ3v) is 4.11. The monoisotopic (exact) mass is 380 g/mol. The highest BCUT2D eigenvalue weighted by molar-refractivity contribution is 6.34. The summed E-state index contributed by atoms with van der Waals surface area (Å²) in [7, 11) is 0. The van der Waals surface area contributed by atoms with Gasteiger partial charge in [-0.2, -0.15) is 0 Å². The minimum absolute atomic E-state index is 0.0468. The van der Waals surface area contributed by atoms with Crippen molar-refractivity contribution in [1.29, 1.82) is 0 Å². The molecule has 0 radical (unpaired) electrons. The van der Waals surface area contributed by atoms with Crippen molar-refractivity contribution < 1.29 is 19.0 Å². The largest absolute Gasteiger partial charge is 0.363 e. The van der Waals surface area contributed by atoms with E-state index in [4.69, 9.17) is 11.6 Å². The third-order valence-electron chi connectivity index (χ3n) is 3.80. The Labute approximate surface area is 154 Å². The Morgan fingerprint density at radius 2 is 2.15 bits per heavy atom. The average Bonchev–Trinajstić information content (AvgIpc) is 3.11. The van der Waals surface area contributed by atoms with E-state index in [0.29, 0.717) is 6.42 Å². The van der Waals surface area contributed by atoms with Gasteiger partial charge in [-0.15, -0.1) is 0 Å². The number of rotatable bonds is 7. The number of carbonyl (C=O) groups is 2. The van der Waals surface area contributed by atoms with E-state index < -0.39 is 16.7 Å².